The van der Waals surface area contributed by atoms with E-state index in [1.807, 2.05) is 28.2 Å². The minimum absolute atomic E-state index is 0.160. The van der Waals surface area contributed by atoms with E-state index in [0.29, 0.717) is 22.1 Å². The first-order chi connectivity index (χ1) is 10.1. The Morgan fingerprint density at radius 3 is 1.27 bits per heavy atom. The summed E-state index contributed by atoms with van der Waals surface area (Å²) in [5, 5.41) is 0. The van der Waals surface area contributed by atoms with Crippen molar-refractivity contribution in [3.8, 4) is 0 Å². The van der Waals surface area contributed by atoms with Crippen LogP contribution in [0.1, 0.15) is 25.7 Å². The summed E-state index contributed by atoms with van der Waals surface area (Å²) in [4.78, 5) is 22.6. The molecular weight excluding hydrogens is 284 g/mol. The first kappa shape index (κ1) is 20.9. The minimum atomic E-state index is -0.160. The monoisotopic (exact) mass is 318 g/mol. The number of quaternary nitrogens is 2. The van der Waals surface area contributed by atoms with Gasteiger partial charge in [0.05, 0.1) is 55.5 Å². The van der Waals surface area contributed by atoms with Crippen LogP contribution in [0.5, 0.6) is 0 Å². The molecule has 6 heteroatoms. The quantitative estimate of drug-likeness (QED) is 0.325. The molecule has 0 aliphatic carbocycles. The number of nitrogens with zero attached hydrogens (tertiary/aromatic N) is 2. The van der Waals surface area contributed by atoms with Crippen LogP contribution >= 0.6 is 0 Å². The molecule has 0 aliphatic heterocycles. The number of methoxy groups -OCH3 is 2. The van der Waals surface area contributed by atoms with Crippen molar-refractivity contribution in [2.75, 3.05) is 68.6 Å². The molecule has 0 aromatic heterocycles. The molecule has 0 N–H and O–H groups in total. The Bertz CT molecular complexity index is 320. The number of carbonyl (C=O) groups excluding carboxylic acids is 2. The van der Waals surface area contributed by atoms with E-state index in [1.54, 1.807) is 0 Å². The molecule has 130 valence electrons. The predicted octanol–water partition coefficient (Wildman–Crippen LogP) is 1.05. The lowest BCUT2D eigenvalue weighted by atomic mass is 10.1. The maximum Gasteiger partial charge on any atom is 0.361 e. The van der Waals surface area contributed by atoms with Crippen molar-refractivity contribution in [3.63, 3.8) is 0 Å². The van der Waals surface area contributed by atoms with Gasteiger partial charge < -0.3 is 18.4 Å². The zero-order valence-corrected chi connectivity index (χ0v) is 15.2. The Labute approximate surface area is 135 Å². The van der Waals surface area contributed by atoms with E-state index in [-0.39, 0.29) is 11.9 Å². The average molecular weight is 318 g/mol. The van der Waals surface area contributed by atoms with Crippen LogP contribution in [-0.4, -0.2) is 89.5 Å². The van der Waals surface area contributed by atoms with Crippen molar-refractivity contribution in [1.29, 1.82) is 0 Å². The topological polar surface area (TPSA) is 52.6 Å². The average Bonchev–Trinajstić information content (AvgIpc) is 2.41. The Kier molecular flexibility index (Phi) is 9.28. The van der Waals surface area contributed by atoms with E-state index >= 15 is 0 Å². The summed E-state index contributed by atoms with van der Waals surface area (Å²) in [5.74, 6) is -0.321. The van der Waals surface area contributed by atoms with Gasteiger partial charge in [-0.2, -0.15) is 0 Å². The summed E-state index contributed by atoms with van der Waals surface area (Å²) in [6.45, 7) is 2.77. The van der Waals surface area contributed by atoms with Crippen molar-refractivity contribution in [2.45, 2.75) is 25.7 Å². The molecule has 0 spiro atoms. The largest absolute Gasteiger partial charge is 0.465 e. The van der Waals surface area contributed by atoms with Gasteiger partial charge in [-0.05, 0) is 25.7 Å². The summed E-state index contributed by atoms with van der Waals surface area (Å²) in [7, 11) is 11.1. The number of unbranched alkanes of at least 4 members (excludes halogenated alkanes) is 3. The fourth-order valence-corrected chi connectivity index (χ4v) is 2.42. The molecule has 0 rings (SSSR count). The fraction of sp³-hybridized carbons (Fsp3) is 0.875. The third-order valence-corrected chi connectivity index (χ3v) is 3.85. The summed E-state index contributed by atoms with van der Waals surface area (Å²) in [5.41, 5.74) is 0. The van der Waals surface area contributed by atoms with E-state index in [1.165, 1.54) is 14.2 Å². The van der Waals surface area contributed by atoms with Gasteiger partial charge >= 0.3 is 11.9 Å². The van der Waals surface area contributed by atoms with Crippen LogP contribution in [0, 0.1) is 0 Å². The highest BCUT2D eigenvalue weighted by atomic mass is 16.5. The smallest absolute Gasteiger partial charge is 0.361 e. The number of carbonyl (C=O) groups is 2. The normalized spacial score (nSPS) is 12.1. The van der Waals surface area contributed by atoms with Crippen LogP contribution in [0.15, 0.2) is 0 Å². The van der Waals surface area contributed by atoms with Gasteiger partial charge in [-0.1, -0.05) is 0 Å². The molecule has 0 bridgehead atoms. The molecule has 0 fully saturated rings. The summed E-state index contributed by atoms with van der Waals surface area (Å²) in [6.07, 6.45) is 4.46. The van der Waals surface area contributed by atoms with Crippen molar-refractivity contribution in [1.82, 2.24) is 0 Å². The van der Waals surface area contributed by atoms with E-state index in [4.69, 9.17) is 9.47 Å². The van der Waals surface area contributed by atoms with E-state index in [9.17, 15) is 9.59 Å². The van der Waals surface area contributed by atoms with Gasteiger partial charge in [-0.3, -0.25) is 0 Å². The number of rotatable bonds is 11. The molecule has 0 atom stereocenters. The van der Waals surface area contributed by atoms with Crippen molar-refractivity contribution in [3.05, 3.63) is 0 Å². The van der Waals surface area contributed by atoms with Gasteiger partial charge in [0.25, 0.3) is 0 Å². The maximum absolute atomic E-state index is 11.3. The number of hydrogen-bond acceptors (Lipinski definition) is 4. The molecule has 0 amide bonds. The number of esters is 2. The summed E-state index contributed by atoms with van der Waals surface area (Å²) < 4.78 is 10.8. The van der Waals surface area contributed by atoms with E-state index in [2.05, 4.69) is 0 Å². The molecule has 6 nitrogen and oxygen atoms in total. The third-order valence-electron chi connectivity index (χ3n) is 3.85. The van der Waals surface area contributed by atoms with Gasteiger partial charge in [0, 0.05) is 0 Å². The Morgan fingerprint density at radius 2 is 1.00 bits per heavy atom. The predicted molar refractivity (Wildman–Crippen MR) is 86.2 cm³/mol. The standard InChI is InChI=1S/C16H34N2O4/c1-17(2,13-15(19)21-5)11-9-7-8-10-12-18(3,4)14-16(20)22-6/h7-14H2,1-6H3/q+2. The van der Waals surface area contributed by atoms with Crippen LogP contribution < -0.4 is 0 Å². The second-order valence-corrected chi connectivity index (χ2v) is 7.20. The fourth-order valence-electron chi connectivity index (χ4n) is 2.42. The first-order valence-electron chi connectivity index (χ1n) is 7.89. The molecular formula is C16H34N2O4+2. The molecule has 0 radical (unpaired) electrons. The molecule has 0 unspecified atom stereocenters. The highest BCUT2D eigenvalue weighted by Crippen LogP contribution is 2.08. The first-order valence-corrected chi connectivity index (χ1v) is 7.89. The van der Waals surface area contributed by atoms with Crippen LogP contribution in [0.4, 0.5) is 0 Å². The molecule has 0 aromatic carbocycles. The minimum Gasteiger partial charge on any atom is -0.465 e. The van der Waals surface area contributed by atoms with Gasteiger partial charge in [0.15, 0.2) is 13.1 Å². The number of ether oxygens (including phenoxy) is 2. The lowest BCUT2D eigenvalue weighted by Gasteiger charge is -2.29. The van der Waals surface area contributed by atoms with Crippen LogP contribution in [-0.2, 0) is 19.1 Å². The molecule has 0 aliphatic rings. The van der Waals surface area contributed by atoms with Crippen molar-refractivity contribution < 1.29 is 28.0 Å². The molecule has 0 saturated heterocycles. The van der Waals surface area contributed by atoms with Gasteiger partial charge in [-0.25, -0.2) is 9.59 Å². The molecule has 22 heavy (non-hydrogen) atoms. The second-order valence-electron chi connectivity index (χ2n) is 7.20. The number of hydrogen-bond donors (Lipinski definition) is 0. The van der Waals surface area contributed by atoms with E-state index < -0.39 is 0 Å². The van der Waals surface area contributed by atoms with E-state index in [0.717, 1.165) is 38.8 Å². The summed E-state index contributed by atoms with van der Waals surface area (Å²) >= 11 is 0. The Hall–Kier alpha value is -1.14. The maximum atomic E-state index is 11.3. The van der Waals surface area contributed by atoms with Crippen LogP contribution in [0.3, 0.4) is 0 Å². The highest BCUT2D eigenvalue weighted by Gasteiger charge is 2.21. The molecule has 0 aromatic rings. The highest BCUT2D eigenvalue weighted by molar-refractivity contribution is 5.70. The number of likely N-dealkylation sites (N-methyl/N-ethyl adjacent to an activating group) is 2. The zero-order chi connectivity index (χ0) is 17.2. The lowest BCUT2D eigenvalue weighted by molar-refractivity contribution is -0.884. The van der Waals surface area contributed by atoms with Gasteiger partial charge in [-0.15, -0.1) is 0 Å². The third kappa shape index (κ3) is 10.6. The zero-order valence-electron chi connectivity index (χ0n) is 15.2. The van der Waals surface area contributed by atoms with Gasteiger partial charge in [0.1, 0.15) is 0 Å². The summed E-state index contributed by atoms with van der Waals surface area (Å²) in [6, 6.07) is 0. The lowest BCUT2D eigenvalue weighted by Crippen LogP contribution is -2.45. The molecule has 0 saturated carbocycles. The molecule has 0 heterocycles. The Balaban J connectivity index is 3.81. The van der Waals surface area contributed by atoms with Crippen LogP contribution in [0.25, 0.3) is 0 Å². The van der Waals surface area contributed by atoms with Crippen LogP contribution in [0.2, 0.25) is 0 Å². The Morgan fingerprint density at radius 1 is 0.682 bits per heavy atom. The SMILES string of the molecule is COC(=O)C[N+](C)(C)CCCCCC[N+](C)(C)CC(=O)OC. The van der Waals surface area contributed by atoms with Gasteiger partial charge in [0.2, 0.25) is 0 Å². The second kappa shape index (κ2) is 9.79. The van der Waals surface area contributed by atoms with Crippen molar-refractivity contribution in [2.24, 2.45) is 0 Å². The van der Waals surface area contributed by atoms with Crippen molar-refractivity contribution >= 4 is 11.9 Å².